The molecule has 2 N–H and O–H groups in total. The predicted molar refractivity (Wildman–Crippen MR) is 141 cm³/mol. The average Bonchev–Trinajstić information content (AvgIpc) is 2.88. The van der Waals surface area contributed by atoms with Crippen LogP contribution in [-0.4, -0.2) is 63.3 Å². The second kappa shape index (κ2) is 9.72. The van der Waals surface area contributed by atoms with Crippen LogP contribution in [0.25, 0.3) is 22.3 Å². The molecular weight excluding hydrogens is 440 g/mol. The predicted octanol–water partition coefficient (Wildman–Crippen LogP) is 4.06. The number of benzene rings is 3. The first-order valence-corrected chi connectivity index (χ1v) is 11.8. The van der Waals surface area contributed by atoms with E-state index < -0.39 is 6.10 Å². The SMILES string of the molecule is Cc1ccc2c(N3CCN(C(=O)[C@@H](O)Cc4ccccc4)CC3)nc(-c3ccccc3O)nc2c1.[HH].[HH]. The Hall–Kier alpha value is -3.97. The van der Waals surface area contributed by atoms with Crippen LogP contribution in [-0.2, 0) is 11.2 Å². The molecule has 1 aliphatic rings. The Labute approximate surface area is 207 Å². The highest BCUT2D eigenvalue weighted by Crippen LogP contribution is 2.32. The molecule has 0 aliphatic carbocycles. The van der Waals surface area contributed by atoms with E-state index in [0.717, 1.165) is 27.8 Å². The Morgan fingerprint density at radius 1 is 0.971 bits per heavy atom. The van der Waals surface area contributed by atoms with Crippen molar-refractivity contribution >= 4 is 22.6 Å². The van der Waals surface area contributed by atoms with Gasteiger partial charge in [0.2, 0.25) is 0 Å². The van der Waals surface area contributed by atoms with Crippen molar-refractivity contribution in [2.45, 2.75) is 19.4 Å². The van der Waals surface area contributed by atoms with Gasteiger partial charge in [0.05, 0.1) is 11.1 Å². The van der Waals surface area contributed by atoms with Crippen LogP contribution in [0.3, 0.4) is 0 Å². The highest BCUT2D eigenvalue weighted by Gasteiger charge is 2.28. The number of carbonyl (C=O) groups excluding carboxylic acids is 1. The maximum Gasteiger partial charge on any atom is 0.251 e. The van der Waals surface area contributed by atoms with Gasteiger partial charge in [-0.3, -0.25) is 4.79 Å². The van der Waals surface area contributed by atoms with Crippen molar-refractivity contribution in [3.8, 4) is 17.1 Å². The second-order valence-electron chi connectivity index (χ2n) is 8.93. The molecule has 1 saturated heterocycles. The third-order valence-corrected chi connectivity index (χ3v) is 6.43. The normalized spacial score (nSPS) is 14.8. The second-order valence-corrected chi connectivity index (χ2v) is 8.93. The third-order valence-electron chi connectivity index (χ3n) is 6.43. The first-order chi connectivity index (χ1) is 17.0. The van der Waals surface area contributed by atoms with Gasteiger partial charge < -0.3 is 20.0 Å². The van der Waals surface area contributed by atoms with Gasteiger partial charge in [-0.05, 0) is 42.3 Å². The minimum atomic E-state index is -1.06. The molecule has 1 aliphatic heterocycles. The molecule has 0 radical (unpaired) electrons. The van der Waals surface area contributed by atoms with E-state index >= 15 is 0 Å². The summed E-state index contributed by atoms with van der Waals surface area (Å²) in [4.78, 5) is 26.3. The lowest BCUT2D eigenvalue weighted by atomic mass is 10.1. The lowest BCUT2D eigenvalue weighted by molar-refractivity contribution is -0.140. The molecule has 2 heterocycles. The quantitative estimate of drug-likeness (QED) is 0.455. The number of fused-ring (bicyclic) bond motifs is 1. The number of hydrogen-bond acceptors (Lipinski definition) is 6. The van der Waals surface area contributed by atoms with E-state index in [4.69, 9.17) is 9.97 Å². The number of aliphatic hydroxyl groups is 1. The topological polar surface area (TPSA) is 89.8 Å². The molecule has 4 aromatic rings. The standard InChI is InChI=1S/C28H28N4O3.2H2/c1-19-11-12-21-23(17-19)29-26(22-9-5-6-10-24(22)33)30-27(21)31-13-15-32(16-14-31)28(35)25(34)18-20-7-3-2-4-8-20;;/h2-12,17,25,33-34H,13-16,18H2,1H3;2*1H/t25-;;/m0../s1. The fourth-order valence-electron chi connectivity index (χ4n) is 4.52. The van der Waals surface area contributed by atoms with Gasteiger partial charge >= 0.3 is 0 Å². The monoisotopic (exact) mass is 472 g/mol. The molecule has 7 heteroatoms. The smallest absolute Gasteiger partial charge is 0.251 e. The molecule has 1 aromatic heterocycles. The summed E-state index contributed by atoms with van der Waals surface area (Å²) in [5.74, 6) is 1.14. The van der Waals surface area contributed by atoms with Crippen molar-refractivity contribution in [2.75, 3.05) is 31.1 Å². The van der Waals surface area contributed by atoms with Crippen molar-refractivity contribution in [1.82, 2.24) is 14.9 Å². The Morgan fingerprint density at radius 3 is 2.43 bits per heavy atom. The fraction of sp³-hybridized carbons (Fsp3) is 0.250. The number of amides is 1. The van der Waals surface area contributed by atoms with Crippen molar-refractivity contribution in [2.24, 2.45) is 0 Å². The summed E-state index contributed by atoms with van der Waals surface area (Å²) in [5, 5.41) is 21.8. The van der Waals surface area contributed by atoms with Gasteiger partial charge in [-0.25, -0.2) is 9.97 Å². The van der Waals surface area contributed by atoms with Crippen LogP contribution in [0.2, 0.25) is 0 Å². The summed E-state index contributed by atoms with van der Waals surface area (Å²) in [5.41, 5.74) is 3.42. The highest BCUT2D eigenvalue weighted by molar-refractivity contribution is 5.92. The summed E-state index contributed by atoms with van der Waals surface area (Å²) >= 11 is 0. The van der Waals surface area contributed by atoms with Gasteiger partial charge in [-0.1, -0.05) is 48.5 Å². The van der Waals surface area contributed by atoms with Crippen molar-refractivity contribution in [1.29, 1.82) is 0 Å². The van der Waals surface area contributed by atoms with Gasteiger partial charge in [-0.15, -0.1) is 0 Å². The van der Waals surface area contributed by atoms with E-state index in [2.05, 4.69) is 4.90 Å². The zero-order valence-corrected chi connectivity index (χ0v) is 19.6. The summed E-state index contributed by atoms with van der Waals surface area (Å²) < 4.78 is 0. The van der Waals surface area contributed by atoms with Crippen molar-refractivity contribution in [3.05, 3.63) is 83.9 Å². The molecule has 0 unspecified atom stereocenters. The minimum Gasteiger partial charge on any atom is -0.507 e. The third kappa shape index (κ3) is 4.81. The number of aromatic hydroxyl groups is 1. The molecule has 5 rings (SSSR count). The summed E-state index contributed by atoms with van der Waals surface area (Å²) in [6.07, 6.45) is -0.751. The van der Waals surface area contributed by atoms with Crippen molar-refractivity contribution in [3.63, 3.8) is 0 Å². The number of aliphatic hydroxyl groups excluding tert-OH is 1. The molecule has 1 amide bonds. The lowest BCUT2D eigenvalue weighted by Crippen LogP contribution is -2.52. The molecule has 0 saturated carbocycles. The molecule has 1 fully saturated rings. The molecule has 35 heavy (non-hydrogen) atoms. The largest absolute Gasteiger partial charge is 0.507 e. The number of phenolic OH excluding ortho intramolecular Hbond substituents is 1. The van der Waals surface area contributed by atoms with E-state index in [9.17, 15) is 15.0 Å². The fourth-order valence-corrected chi connectivity index (χ4v) is 4.52. The number of phenols is 1. The van der Waals surface area contributed by atoms with Gasteiger partial charge in [-0.2, -0.15) is 0 Å². The maximum atomic E-state index is 12.9. The Balaban J connectivity index is 0.00000190. The number of aromatic nitrogens is 2. The Bertz CT molecular complexity index is 1360. The van der Waals surface area contributed by atoms with Gasteiger partial charge in [0.15, 0.2) is 5.82 Å². The first kappa shape index (κ1) is 22.8. The van der Waals surface area contributed by atoms with E-state index in [1.54, 1.807) is 23.1 Å². The molecule has 1 atom stereocenters. The van der Waals surface area contributed by atoms with Gasteiger partial charge in [0, 0.05) is 40.8 Å². The van der Waals surface area contributed by atoms with Crippen LogP contribution < -0.4 is 4.90 Å². The first-order valence-electron chi connectivity index (χ1n) is 11.8. The number of aryl methyl sites for hydroxylation is 1. The lowest BCUT2D eigenvalue weighted by Gasteiger charge is -2.36. The van der Waals surface area contributed by atoms with E-state index in [0.29, 0.717) is 44.0 Å². The number of rotatable bonds is 5. The number of anilines is 1. The zero-order chi connectivity index (χ0) is 24.4. The molecule has 0 spiro atoms. The molecule has 0 bridgehead atoms. The van der Waals surface area contributed by atoms with Crippen LogP contribution in [0.15, 0.2) is 72.8 Å². The van der Waals surface area contributed by atoms with Crippen LogP contribution >= 0.6 is 0 Å². The van der Waals surface area contributed by atoms with Crippen molar-refractivity contribution < 1.29 is 17.9 Å². The molecular formula is C28H32N4O3. The summed E-state index contributed by atoms with van der Waals surface area (Å²) in [6, 6.07) is 22.7. The highest BCUT2D eigenvalue weighted by atomic mass is 16.3. The molecule has 3 aromatic carbocycles. The van der Waals surface area contributed by atoms with Crippen LogP contribution in [0.5, 0.6) is 5.75 Å². The molecule has 7 nitrogen and oxygen atoms in total. The maximum absolute atomic E-state index is 12.9. The number of piperazine rings is 1. The Kier molecular flexibility index (Phi) is 6.33. The summed E-state index contributed by atoms with van der Waals surface area (Å²) in [6.45, 7) is 4.18. The Morgan fingerprint density at radius 2 is 1.69 bits per heavy atom. The summed E-state index contributed by atoms with van der Waals surface area (Å²) in [7, 11) is 0. The van der Waals surface area contributed by atoms with Crippen LogP contribution in [0, 0.1) is 6.92 Å². The number of carbonyl (C=O) groups is 1. The van der Waals surface area contributed by atoms with Crippen LogP contribution in [0.4, 0.5) is 5.82 Å². The minimum absolute atomic E-state index is 0. The van der Waals surface area contributed by atoms with E-state index in [1.165, 1.54) is 0 Å². The number of hydrogen-bond donors (Lipinski definition) is 2. The number of nitrogens with zero attached hydrogens (tertiary/aromatic N) is 4. The van der Waals surface area contributed by atoms with E-state index in [-0.39, 0.29) is 14.5 Å². The molecule has 182 valence electrons. The van der Waals surface area contributed by atoms with Gasteiger partial charge in [0.1, 0.15) is 17.7 Å². The zero-order valence-electron chi connectivity index (χ0n) is 19.6. The average molecular weight is 473 g/mol. The van der Waals surface area contributed by atoms with Gasteiger partial charge in [0.25, 0.3) is 5.91 Å². The number of para-hydroxylation sites is 1. The van der Waals surface area contributed by atoms with E-state index in [1.807, 2.05) is 61.5 Å². The van der Waals surface area contributed by atoms with Crippen LogP contribution in [0.1, 0.15) is 14.0 Å².